The van der Waals surface area contributed by atoms with Gasteiger partial charge in [-0.3, -0.25) is 4.98 Å². The molecular formula is C16H15ClN2S. The van der Waals surface area contributed by atoms with Crippen molar-refractivity contribution in [2.75, 3.05) is 0 Å². The molecule has 0 radical (unpaired) electrons. The molecule has 0 aliphatic rings. The average molecular weight is 303 g/mol. The van der Waals surface area contributed by atoms with Gasteiger partial charge in [0.1, 0.15) is 0 Å². The topological polar surface area (TPSA) is 24.9 Å². The number of hydrogen-bond acceptors (Lipinski definition) is 3. The first-order valence-corrected chi connectivity index (χ1v) is 7.72. The zero-order chi connectivity index (χ0) is 13.9. The summed E-state index contributed by atoms with van der Waals surface area (Å²) in [6, 6.07) is 12.3. The zero-order valence-corrected chi connectivity index (χ0v) is 12.8. The van der Waals surface area contributed by atoms with Crippen molar-refractivity contribution in [2.45, 2.75) is 20.0 Å². The van der Waals surface area contributed by atoms with Gasteiger partial charge < -0.3 is 5.32 Å². The lowest BCUT2D eigenvalue weighted by molar-refractivity contribution is 0.683. The number of nitrogens with zero attached hydrogens (tertiary/aromatic N) is 1. The summed E-state index contributed by atoms with van der Waals surface area (Å²) in [6.07, 6.45) is 1.83. The molecular weight excluding hydrogens is 288 g/mol. The maximum Gasteiger partial charge on any atom is 0.0636 e. The number of hydrogen-bond donors (Lipinski definition) is 1. The Hall–Kier alpha value is -1.42. The van der Waals surface area contributed by atoms with E-state index < -0.39 is 0 Å². The maximum absolute atomic E-state index is 6.42. The van der Waals surface area contributed by atoms with Crippen LogP contribution < -0.4 is 5.32 Å². The van der Waals surface area contributed by atoms with Gasteiger partial charge in [-0.15, -0.1) is 11.3 Å². The number of aryl methyl sites for hydroxylation is 1. The van der Waals surface area contributed by atoms with Crippen LogP contribution in [-0.4, -0.2) is 4.98 Å². The molecule has 2 nitrogen and oxygen atoms in total. The fraction of sp³-hybridized carbons (Fsp3) is 0.188. The van der Waals surface area contributed by atoms with Crippen LogP contribution in [0.2, 0.25) is 5.02 Å². The number of halogens is 1. The molecule has 20 heavy (non-hydrogen) atoms. The molecule has 0 atom stereocenters. The van der Waals surface area contributed by atoms with Gasteiger partial charge in [0.15, 0.2) is 0 Å². The van der Waals surface area contributed by atoms with E-state index in [2.05, 4.69) is 35.4 Å². The molecule has 0 aliphatic carbocycles. The summed E-state index contributed by atoms with van der Waals surface area (Å²) in [5.41, 5.74) is 2.30. The minimum atomic E-state index is 0.761. The van der Waals surface area contributed by atoms with Gasteiger partial charge >= 0.3 is 0 Å². The van der Waals surface area contributed by atoms with Crippen LogP contribution in [-0.2, 0) is 13.1 Å². The summed E-state index contributed by atoms with van der Waals surface area (Å²) in [4.78, 5) is 5.56. The van der Waals surface area contributed by atoms with Crippen LogP contribution in [0.4, 0.5) is 0 Å². The maximum atomic E-state index is 6.42. The number of aromatic nitrogens is 1. The van der Waals surface area contributed by atoms with Gasteiger partial charge in [-0.25, -0.2) is 0 Å². The Morgan fingerprint density at radius 2 is 2.00 bits per heavy atom. The average Bonchev–Trinajstić information content (AvgIpc) is 2.78. The second-order valence-corrected chi connectivity index (χ2v) is 6.22. The first-order valence-electron chi connectivity index (χ1n) is 6.53. The van der Waals surface area contributed by atoms with Gasteiger partial charge in [0, 0.05) is 34.2 Å². The van der Waals surface area contributed by atoms with Crippen LogP contribution in [0.1, 0.15) is 16.1 Å². The molecule has 102 valence electrons. The van der Waals surface area contributed by atoms with E-state index in [-0.39, 0.29) is 0 Å². The van der Waals surface area contributed by atoms with Crippen molar-refractivity contribution < 1.29 is 0 Å². The molecule has 1 aromatic carbocycles. The largest absolute Gasteiger partial charge is 0.306 e. The summed E-state index contributed by atoms with van der Waals surface area (Å²) < 4.78 is 1.24. The molecule has 2 aromatic heterocycles. The molecule has 0 bridgehead atoms. The predicted molar refractivity (Wildman–Crippen MR) is 86.4 cm³/mol. The molecule has 0 fully saturated rings. The van der Waals surface area contributed by atoms with E-state index in [1.807, 2.05) is 24.4 Å². The normalized spacial score (nSPS) is 11.1. The molecule has 0 spiro atoms. The van der Waals surface area contributed by atoms with Gasteiger partial charge in [-0.05, 0) is 24.6 Å². The highest BCUT2D eigenvalue weighted by Gasteiger charge is 2.09. The summed E-state index contributed by atoms with van der Waals surface area (Å²) >= 11 is 8.17. The number of rotatable bonds is 4. The van der Waals surface area contributed by atoms with Gasteiger partial charge in [-0.2, -0.15) is 0 Å². The Balaban J connectivity index is 1.71. The smallest absolute Gasteiger partial charge is 0.0636 e. The van der Waals surface area contributed by atoms with E-state index in [4.69, 9.17) is 11.6 Å². The van der Waals surface area contributed by atoms with Crippen molar-refractivity contribution in [3.8, 4) is 0 Å². The second kappa shape index (κ2) is 5.92. The third-order valence-electron chi connectivity index (χ3n) is 3.30. The standard InChI is InChI=1S/C16H15ClN2S/c1-11-5-4-8-19-13(11)9-18-10-15-16(17)12-6-2-3-7-14(12)20-15/h2-8,18H,9-10H2,1H3. The van der Waals surface area contributed by atoms with E-state index in [1.54, 1.807) is 11.3 Å². The van der Waals surface area contributed by atoms with Crippen LogP contribution in [0.5, 0.6) is 0 Å². The van der Waals surface area contributed by atoms with Crippen molar-refractivity contribution in [3.05, 3.63) is 63.8 Å². The molecule has 0 amide bonds. The monoisotopic (exact) mass is 302 g/mol. The lowest BCUT2D eigenvalue weighted by Gasteiger charge is -2.05. The zero-order valence-electron chi connectivity index (χ0n) is 11.2. The number of nitrogens with one attached hydrogen (secondary N) is 1. The molecule has 0 saturated heterocycles. The number of pyridine rings is 1. The number of benzene rings is 1. The first-order chi connectivity index (χ1) is 9.75. The lowest BCUT2D eigenvalue weighted by atomic mass is 10.2. The fourth-order valence-electron chi connectivity index (χ4n) is 2.18. The highest BCUT2D eigenvalue weighted by molar-refractivity contribution is 7.19. The molecule has 1 N–H and O–H groups in total. The molecule has 0 saturated carbocycles. The Bertz CT molecular complexity index is 736. The molecule has 2 heterocycles. The van der Waals surface area contributed by atoms with Crippen LogP contribution in [0.25, 0.3) is 10.1 Å². The molecule has 4 heteroatoms. The van der Waals surface area contributed by atoms with Crippen LogP contribution in [0, 0.1) is 6.92 Å². The van der Waals surface area contributed by atoms with Crippen LogP contribution >= 0.6 is 22.9 Å². The first kappa shape index (κ1) is 13.6. The van der Waals surface area contributed by atoms with Crippen LogP contribution in [0.15, 0.2) is 42.6 Å². The number of thiophene rings is 1. The van der Waals surface area contributed by atoms with Gasteiger partial charge in [-0.1, -0.05) is 35.9 Å². The van der Waals surface area contributed by atoms with Crippen molar-refractivity contribution in [3.63, 3.8) is 0 Å². The summed E-state index contributed by atoms with van der Waals surface area (Å²) in [5, 5.41) is 5.44. The van der Waals surface area contributed by atoms with E-state index in [0.29, 0.717) is 0 Å². The predicted octanol–water partition coefficient (Wildman–Crippen LogP) is 4.55. The van der Waals surface area contributed by atoms with Crippen molar-refractivity contribution in [1.82, 2.24) is 10.3 Å². The Kier molecular flexibility index (Phi) is 4.01. The van der Waals surface area contributed by atoms with Crippen molar-refractivity contribution in [1.29, 1.82) is 0 Å². The van der Waals surface area contributed by atoms with Gasteiger partial charge in [0.25, 0.3) is 0 Å². The number of fused-ring (bicyclic) bond motifs is 1. The SMILES string of the molecule is Cc1cccnc1CNCc1sc2ccccc2c1Cl. The minimum Gasteiger partial charge on any atom is -0.306 e. The van der Waals surface area contributed by atoms with E-state index in [0.717, 1.165) is 29.2 Å². The molecule has 0 aliphatic heterocycles. The minimum absolute atomic E-state index is 0.761. The summed E-state index contributed by atoms with van der Waals surface area (Å²) in [7, 11) is 0. The van der Waals surface area contributed by atoms with Gasteiger partial charge in [0.2, 0.25) is 0 Å². The molecule has 3 rings (SSSR count). The summed E-state index contributed by atoms with van der Waals surface area (Å²) in [6.45, 7) is 3.61. The lowest BCUT2D eigenvalue weighted by Crippen LogP contribution is -2.14. The van der Waals surface area contributed by atoms with Crippen LogP contribution in [0.3, 0.4) is 0 Å². The third-order valence-corrected chi connectivity index (χ3v) is 5.01. The second-order valence-electron chi connectivity index (χ2n) is 4.71. The quantitative estimate of drug-likeness (QED) is 0.765. The van der Waals surface area contributed by atoms with Crippen molar-refractivity contribution >= 4 is 33.0 Å². The Labute approximate surface area is 127 Å². The Morgan fingerprint density at radius 1 is 1.15 bits per heavy atom. The highest BCUT2D eigenvalue weighted by atomic mass is 35.5. The third kappa shape index (κ3) is 2.70. The fourth-order valence-corrected chi connectivity index (χ4v) is 3.65. The van der Waals surface area contributed by atoms with Crippen molar-refractivity contribution in [2.24, 2.45) is 0 Å². The van der Waals surface area contributed by atoms with E-state index in [9.17, 15) is 0 Å². The molecule has 3 aromatic rings. The van der Waals surface area contributed by atoms with E-state index in [1.165, 1.54) is 15.1 Å². The van der Waals surface area contributed by atoms with E-state index >= 15 is 0 Å². The molecule has 0 unspecified atom stereocenters. The Morgan fingerprint density at radius 3 is 2.80 bits per heavy atom. The highest BCUT2D eigenvalue weighted by Crippen LogP contribution is 2.34. The summed E-state index contributed by atoms with van der Waals surface area (Å²) in [5.74, 6) is 0. The van der Waals surface area contributed by atoms with Gasteiger partial charge in [0.05, 0.1) is 10.7 Å².